The van der Waals surface area contributed by atoms with Crippen LogP contribution in [-0.4, -0.2) is 131 Å². The zero-order valence-electron chi connectivity index (χ0n) is 56.4. The lowest BCUT2D eigenvalue weighted by molar-refractivity contribution is -0.107. The van der Waals surface area contributed by atoms with Crippen LogP contribution in [0.4, 0.5) is 60.9 Å². The highest BCUT2D eigenvalue weighted by Crippen LogP contribution is 2.46. The summed E-state index contributed by atoms with van der Waals surface area (Å²) in [6.07, 6.45) is 5.91. The van der Waals surface area contributed by atoms with Crippen LogP contribution < -0.4 is 46.6 Å². The number of benzene rings is 3. The van der Waals surface area contributed by atoms with Gasteiger partial charge in [-0.25, -0.2) is 41.3 Å². The summed E-state index contributed by atoms with van der Waals surface area (Å²) in [6, 6.07) is 28.4. The number of piperazine rings is 3. The number of rotatable bonds is 11. The van der Waals surface area contributed by atoms with Gasteiger partial charge in [0.1, 0.15) is 17.5 Å². The zero-order chi connectivity index (χ0) is 67.3. The third-order valence-electron chi connectivity index (χ3n) is 20.6. The second-order valence-electron chi connectivity index (χ2n) is 29.1. The number of unbranched alkanes of at least 4 members (excludes halogenated alkanes) is 1. The average Bonchev–Trinajstić information content (AvgIpc) is 1.56. The minimum Gasteiger partial charge on any atom is -0.381 e. The number of ether oxygens (including phenoxy) is 2. The Kier molecular flexibility index (Phi) is 18.4. The highest BCUT2D eigenvalue weighted by atomic mass is 19.2. The molecular formula is C75H91F6N15O2. The lowest BCUT2D eigenvalue weighted by Gasteiger charge is -2.40. The topological polar surface area (TPSA) is 154 Å². The molecule has 0 aliphatic carbocycles. The van der Waals surface area contributed by atoms with Gasteiger partial charge in [0.25, 0.3) is 0 Å². The molecule has 9 aromatic rings. The van der Waals surface area contributed by atoms with Crippen LogP contribution in [0.3, 0.4) is 0 Å². The average molecular weight is 1350 g/mol. The van der Waals surface area contributed by atoms with Gasteiger partial charge >= 0.3 is 0 Å². The monoisotopic (exact) mass is 1350 g/mol. The fourth-order valence-corrected chi connectivity index (χ4v) is 16.0. The number of pyridine rings is 3. The van der Waals surface area contributed by atoms with E-state index in [1.54, 1.807) is 0 Å². The summed E-state index contributed by atoms with van der Waals surface area (Å²) < 4.78 is 102. The Hall–Kier alpha value is -8.09. The first-order valence-corrected chi connectivity index (χ1v) is 34.7. The summed E-state index contributed by atoms with van der Waals surface area (Å²) in [4.78, 5) is 22.0. The van der Waals surface area contributed by atoms with Gasteiger partial charge in [0.15, 0.2) is 52.4 Å². The molecule has 23 heteroatoms. The number of fused-ring (bicyclic) bond motifs is 15. The largest absolute Gasteiger partial charge is 0.381 e. The van der Waals surface area contributed by atoms with Gasteiger partial charge in [-0.1, -0.05) is 34.1 Å². The first-order chi connectivity index (χ1) is 46.7. The van der Waals surface area contributed by atoms with Crippen molar-refractivity contribution in [2.24, 2.45) is 11.3 Å². The molecule has 3 aromatic carbocycles. The van der Waals surface area contributed by atoms with Gasteiger partial charge in [-0.15, -0.1) is 0 Å². The van der Waals surface area contributed by atoms with E-state index < -0.39 is 34.9 Å². The molecule has 17 nitrogen and oxygen atoms in total. The molecule has 6 N–H and O–H groups in total. The molecule has 6 aromatic heterocycles. The van der Waals surface area contributed by atoms with Crippen LogP contribution in [0.5, 0.6) is 0 Å². The number of nitrogens with zero attached hydrogens (tertiary/aromatic N) is 9. The second kappa shape index (κ2) is 26.9. The molecule has 520 valence electrons. The second-order valence-corrected chi connectivity index (χ2v) is 29.1. The van der Waals surface area contributed by atoms with Gasteiger partial charge in [-0.3, -0.25) is 13.7 Å². The van der Waals surface area contributed by atoms with E-state index in [4.69, 9.17) is 24.4 Å². The smallest absolute Gasteiger partial charge is 0.163 e. The molecular weight excluding hydrogens is 1260 g/mol. The van der Waals surface area contributed by atoms with Crippen LogP contribution in [0.1, 0.15) is 137 Å². The summed E-state index contributed by atoms with van der Waals surface area (Å²) in [6.45, 7) is 25.8. The zero-order valence-corrected chi connectivity index (χ0v) is 56.4. The van der Waals surface area contributed by atoms with E-state index in [0.717, 1.165) is 173 Å². The highest BCUT2D eigenvalue weighted by molar-refractivity contribution is 5.89. The fourth-order valence-electron chi connectivity index (χ4n) is 16.0. The SMILES string of the molecule is C.CCCCC1Nc2ccc(N3C[C@@H](C)N[C@@H](C)C3)nc2-n2c1cc1cc(F)c(F)cc12.C[C@@H]1CN(c2ccc3c(n2)-n2c(cc4cc(F)c(F)cc42)C(CC2COC2)N3)C[C@H](C)N1.C[C@@H]1CN(c2ccc3c(n2)-n2c(cc4cc(F)c(F)cc42)C(CCC2(C)COC2)N3)C[C@H](C)N1. The van der Waals surface area contributed by atoms with Crippen molar-refractivity contribution in [2.45, 2.75) is 156 Å². The van der Waals surface area contributed by atoms with Crippen molar-refractivity contribution < 1.29 is 35.8 Å². The highest BCUT2D eigenvalue weighted by Gasteiger charge is 2.38. The van der Waals surface area contributed by atoms with Crippen LogP contribution in [0, 0.1) is 46.2 Å². The number of anilines is 6. The quantitative estimate of drug-likeness (QED) is 0.0681. The van der Waals surface area contributed by atoms with Crippen LogP contribution in [0.2, 0.25) is 0 Å². The molecule has 0 bridgehead atoms. The van der Waals surface area contributed by atoms with Crippen LogP contribution in [0.25, 0.3) is 50.2 Å². The van der Waals surface area contributed by atoms with E-state index in [0.29, 0.717) is 74.9 Å². The summed E-state index contributed by atoms with van der Waals surface area (Å²) in [7, 11) is 0. The molecule has 9 atom stereocenters. The third kappa shape index (κ3) is 12.9. The number of hydrogen-bond acceptors (Lipinski definition) is 14. The first-order valence-electron chi connectivity index (χ1n) is 34.7. The maximum atomic E-state index is 14.3. The molecule has 0 amide bonds. The van der Waals surface area contributed by atoms with Crippen molar-refractivity contribution in [3.05, 3.63) is 143 Å². The Morgan fingerprint density at radius 2 is 0.786 bits per heavy atom. The van der Waals surface area contributed by atoms with Crippen molar-refractivity contribution in [1.29, 1.82) is 0 Å². The molecule has 0 spiro atoms. The Labute approximate surface area is 569 Å². The maximum absolute atomic E-state index is 14.3. The van der Waals surface area contributed by atoms with Crippen molar-refractivity contribution in [2.75, 3.05) is 96.3 Å². The van der Waals surface area contributed by atoms with Crippen LogP contribution in [0.15, 0.2) is 91.0 Å². The predicted molar refractivity (Wildman–Crippen MR) is 378 cm³/mol. The van der Waals surface area contributed by atoms with Crippen molar-refractivity contribution in [1.82, 2.24) is 44.6 Å². The number of nitrogens with one attached hydrogen (secondary N) is 6. The van der Waals surface area contributed by atoms with Gasteiger partial charge in [-0.2, -0.15) is 0 Å². The molecule has 98 heavy (non-hydrogen) atoms. The normalized spacial score (nSPS) is 24.3. The molecule has 5 saturated heterocycles. The Bertz CT molecular complexity index is 4420. The standard InChI is InChI=1S/C26H31F2N5O.C24H27F2N5O.C24H29F2N5.CH4/c1-15-11-32(12-16(2)29-15)24-5-4-21-25(31-24)33-22-10-19(28)18(27)8-17(22)9-23(33)20(30-21)6-7-26(3)13-34-14-26;1-13-9-30(10-14(2)27-13)23-4-3-19-24(29-23)31-21-8-18(26)17(25)6-16(21)7-22(31)20(28-19)5-15-11-32-12-15;1-4-5-6-19-22-10-16-9-17(25)18(26)11-21(16)31(22)24-20(28-19)7-8-23(29-24)30-12-14(2)27-15(3)13-30;/h4-5,8-10,15-16,20,29-30H,6-7,11-14H2,1-3H3;3-4,6-8,13-15,20,27-28H,5,9-12H2,1-2H3;7-11,14-15,19,27-28H,4-6,12-13H2,1-3H3;1H4/t15-,16+,20?;13-,14+,20?;14-,15+,19?;. The third-order valence-corrected chi connectivity index (χ3v) is 20.6. The van der Waals surface area contributed by atoms with E-state index in [1.807, 2.05) is 31.9 Å². The molecule has 8 aliphatic rings. The lowest BCUT2D eigenvalue weighted by Crippen LogP contribution is -2.54. The minimum atomic E-state index is -0.844. The Morgan fingerprint density at radius 3 is 1.11 bits per heavy atom. The van der Waals surface area contributed by atoms with E-state index >= 15 is 0 Å². The molecule has 0 saturated carbocycles. The van der Waals surface area contributed by atoms with E-state index in [9.17, 15) is 26.3 Å². The maximum Gasteiger partial charge on any atom is 0.163 e. The van der Waals surface area contributed by atoms with Gasteiger partial charge in [-0.05, 0) is 140 Å². The first kappa shape index (κ1) is 67.1. The van der Waals surface area contributed by atoms with E-state index in [-0.39, 0.29) is 31.0 Å². The van der Waals surface area contributed by atoms with E-state index in [1.165, 1.54) is 36.4 Å². The van der Waals surface area contributed by atoms with Gasteiger partial charge < -0.3 is 56.1 Å². The molecule has 17 rings (SSSR count). The molecule has 8 aliphatic heterocycles. The minimum absolute atomic E-state index is 0. The molecule has 0 radical (unpaired) electrons. The summed E-state index contributed by atoms with van der Waals surface area (Å²) in [5.41, 5.74) is 7.86. The lowest BCUT2D eigenvalue weighted by atomic mass is 9.82. The number of halogens is 6. The predicted octanol–water partition coefficient (Wildman–Crippen LogP) is 14.6. The molecule has 5 fully saturated rings. The van der Waals surface area contributed by atoms with Gasteiger partial charge in [0, 0.05) is 138 Å². The van der Waals surface area contributed by atoms with Crippen molar-refractivity contribution in [3.63, 3.8) is 0 Å². The van der Waals surface area contributed by atoms with Crippen LogP contribution >= 0.6 is 0 Å². The number of aromatic nitrogens is 6. The van der Waals surface area contributed by atoms with E-state index in [2.05, 4.69) is 138 Å². The van der Waals surface area contributed by atoms with Crippen molar-refractivity contribution in [3.8, 4) is 17.5 Å². The summed E-state index contributed by atoms with van der Waals surface area (Å²) in [5.74, 6) is 0.397. The Morgan fingerprint density at radius 1 is 0.449 bits per heavy atom. The van der Waals surface area contributed by atoms with Crippen LogP contribution in [-0.2, 0) is 9.47 Å². The Balaban J connectivity index is 0.000000125. The van der Waals surface area contributed by atoms with Gasteiger partial charge in [0.2, 0.25) is 0 Å². The molecule has 3 unspecified atom stereocenters. The molecule has 14 heterocycles. The van der Waals surface area contributed by atoms with Crippen molar-refractivity contribution >= 4 is 67.2 Å². The fraction of sp³-hybridized carbons (Fsp3) is 0.480. The summed E-state index contributed by atoms with van der Waals surface area (Å²) in [5, 5.41) is 23.6. The van der Waals surface area contributed by atoms with Gasteiger partial charge in [0.05, 0.1) is 78.2 Å². The number of hydrogen-bond donors (Lipinski definition) is 6. The summed E-state index contributed by atoms with van der Waals surface area (Å²) >= 11 is 0.